The maximum absolute atomic E-state index is 12.7. The van der Waals surface area contributed by atoms with Gasteiger partial charge >= 0.3 is 0 Å². The zero-order valence-corrected chi connectivity index (χ0v) is 14.9. The fourth-order valence-electron chi connectivity index (χ4n) is 2.75. The largest absolute Gasteiger partial charge is 0.292 e. The third-order valence-electron chi connectivity index (χ3n) is 4.91. The maximum Gasteiger partial charge on any atom is 0.257 e. The van der Waals surface area contributed by atoms with Gasteiger partial charge in [-0.15, -0.1) is 0 Å². The minimum atomic E-state index is -0.672. The lowest BCUT2D eigenvalue weighted by molar-refractivity contribution is -0.128. The van der Waals surface area contributed by atoms with Crippen LogP contribution in [-0.4, -0.2) is 23.4 Å². The second-order valence-electron chi connectivity index (χ2n) is 6.98. The number of rotatable bonds is 3. The van der Waals surface area contributed by atoms with Crippen LogP contribution in [0.1, 0.15) is 69.4 Å². The summed E-state index contributed by atoms with van der Waals surface area (Å²) in [6.45, 7) is 5.37. The van der Waals surface area contributed by atoms with Crippen LogP contribution in [0.4, 0.5) is 0 Å². The predicted molar refractivity (Wildman–Crippen MR) is 96.3 cm³/mol. The van der Waals surface area contributed by atoms with Gasteiger partial charge in [0.25, 0.3) is 5.91 Å². The van der Waals surface area contributed by atoms with Crippen molar-refractivity contribution in [3.63, 3.8) is 0 Å². The van der Waals surface area contributed by atoms with E-state index < -0.39 is 11.3 Å². The quantitative estimate of drug-likeness (QED) is 0.788. The number of amides is 2. The van der Waals surface area contributed by atoms with E-state index in [-0.39, 0.29) is 34.2 Å². The molecule has 0 saturated carbocycles. The highest BCUT2D eigenvalue weighted by Crippen LogP contribution is 2.28. The highest BCUT2D eigenvalue weighted by molar-refractivity contribution is 6.28. The number of ketones is 2. The monoisotopic (exact) mass is 349 g/mol. The van der Waals surface area contributed by atoms with Crippen LogP contribution in [0, 0.1) is 5.41 Å². The van der Waals surface area contributed by atoms with Crippen molar-refractivity contribution in [1.82, 2.24) is 5.32 Å². The van der Waals surface area contributed by atoms with Crippen molar-refractivity contribution in [3.8, 4) is 0 Å². The van der Waals surface area contributed by atoms with E-state index in [0.717, 1.165) is 0 Å². The van der Waals surface area contributed by atoms with Crippen LogP contribution in [0.25, 0.3) is 0 Å². The number of hydrogen-bond acceptors (Lipinski definition) is 4. The molecule has 0 unspecified atom stereocenters. The Bertz CT molecular complexity index is 956. The zero-order valence-electron chi connectivity index (χ0n) is 14.9. The number of benzene rings is 2. The summed E-state index contributed by atoms with van der Waals surface area (Å²) in [7, 11) is 0. The van der Waals surface area contributed by atoms with Crippen molar-refractivity contribution in [3.05, 3.63) is 70.3 Å². The fourth-order valence-corrected chi connectivity index (χ4v) is 2.75. The molecule has 0 spiro atoms. The van der Waals surface area contributed by atoms with Gasteiger partial charge in [0.15, 0.2) is 11.6 Å². The average Bonchev–Trinajstić information content (AvgIpc) is 2.65. The van der Waals surface area contributed by atoms with E-state index in [2.05, 4.69) is 5.32 Å². The summed E-state index contributed by atoms with van der Waals surface area (Å²) in [4.78, 5) is 49.9. The van der Waals surface area contributed by atoms with E-state index in [1.165, 1.54) is 18.2 Å². The van der Waals surface area contributed by atoms with Crippen LogP contribution in [0.2, 0.25) is 0 Å². The Morgan fingerprint density at radius 2 is 1.42 bits per heavy atom. The number of hydrogen-bond donors (Lipinski definition) is 1. The molecule has 2 aromatic rings. The summed E-state index contributed by atoms with van der Waals surface area (Å²) in [6.07, 6.45) is 0.583. The first-order valence-electron chi connectivity index (χ1n) is 8.44. The van der Waals surface area contributed by atoms with Gasteiger partial charge in [-0.25, -0.2) is 0 Å². The van der Waals surface area contributed by atoms with E-state index >= 15 is 0 Å². The Kier molecular flexibility index (Phi) is 4.32. The first kappa shape index (κ1) is 17.7. The number of carbonyl (C=O) groups is 4. The van der Waals surface area contributed by atoms with Gasteiger partial charge < -0.3 is 0 Å². The Hall–Kier alpha value is -3.08. The van der Waals surface area contributed by atoms with Gasteiger partial charge in [0, 0.05) is 33.2 Å². The molecule has 0 bridgehead atoms. The summed E-state index contributed by atoms with van der Waals surface area (Å²) in [5.74, 6) is -1.51. The number of carbonyl (C=O) groups excluding carboxylic acids is 4. The molecule has 3 rings (SSSR count). The van der Waals surface area contributed by atoms with Gasteiger partial charge in [-0.2, -0.15) is 0 Å². The van der Waals surface area contributed by atoms with Crippen molar-refractivity contribution in [2.75, 3.05) is 0 Å². The first-order chi connectivity index (χ1) is 12.3. The number of nitrogens with one attached hydrogen (secondary N) is 1. The lowest BCUT2D eigenvalue weighted by atomic mass is 9.83. The Balaban J connectivity index is 1.95. The third kappa shape index (κ3) is 2.86. The maximum atomic E-state index is 12.7. The molecule has 0 radical (unpaired) electrons. The molecule has 26 heavy (non-hydrogen) atoms. The molecule has 1 aliphatic rings. The highest BCUT2D eigenvalue weighted by atomic mass is 16.2. The first-order valence-corrected chi connectivity index (χ1v) is 8.44. The van der Waals surface area contributed by atoms with E-state index in [1.807, 2.05) is 6.92 Å². The molecule has 2 amide bonds. The van der Waals surface area contributed by atoms with Crippen LogP contribution >= 0.6 is 0 Å². The molecule has 0 saturated heterocycles. The average molecular weight is 349 g/mol. The summed E-state index contributed by atoms with van der Waals surface area (Å²) < 4.78 is 0. The van der Waals surface area contributed by atoms with Crippen LogP contribution in [-0.2, 0) is 4.79 Å². The molecular formula is C21H19NO4. The molecule has 0 aliphatic heterocycles. The molecule has 132 valence electrons. The molecule has 0 atom stereocenters. The Morgan fingerprint density at radius 1 is 0.885 bits per heavy atom. The Labute approximate surface area is 151 Å². The minimum absolute atomic E-state index is 0.171. The van der Waals surface area contributed by atoms with Crippen molar-refractivity contribution in [1.29, 1.82) is 0 Å². The van der Waals surface area contributed by atoms with Gasteiger partial charge in [-0.1, -0.05) is 45.0 Å². The summed E-state index contributed by atoms with van der Waals surface area (Å²) in [5, 5.41) is 2.37. The number of imide groups is 1. The smallest absolute Gasteiger partial charge is 0.257 e. The summed E-state index contributed by atoms with van der Waals surface area (Å²) in [6, 6.07) is 10.9. The lowest BCUT2D eigenvalue weighted by Gasteiger charge is -2.21. The van der Waals surface area contributed by atoms with E-state index in [1.54, 1.807) is 38.1 Å². The third-order valence-corrected chi connectivity index (χ3v) is 4.91. The van der Waals surface area contributed by atoms with Crippen molar-refractivity contribution >= 4 is 23.4 Å². The second kappa shape index (κ2) is 6.33. The number of fused-ring (bicyclic) bond motifs is 2. The SMILES string of the molecule is CCC(C)(C)C(=O)NC(=O)c1ccc2c(c1)C(=O)c1ccccc1C2=O. The van der Waals surface area contributed by atoms with Gasteiger partial charge in [0.1, 0.15) is 0 Å². The topological polar surface area (TPSA) is 80.3 Å². The molecule has 1 aliphatic carbocycles. The molecule has 0 fully saturated rings. The van der Waals surface area contributed by atoms with Crippen molar-refractivity contribution in [2.45, 2.75) is 27.2 Å². The van der Waals surface area contributed by atoms with E-state index in [4.69, 9.17) is 0 Å². The standard InChI is InChI=1S/C21H19NO4/c1-4-21(2,3)20(26)22-19(25)12-9-10-15-16(11-12)18(24)14-8-6-5-7-13(14)17(15)23/h5-11H,4H2,1-3H3,(H,22,25,26). The van der Waals surface area contributed by atoms with Gasteiger partial charge in [-0.05, 0) is 24.6 Å². The molecule has 5 nitrogen and oxygen atoms in total. The Morgan fingerprint density at radius 3 is 2.00 bits per heavy atom. The lowest BCUT2D eigenvalue weighted by Crippen LogP contribution is -2.40. The van der Waals surface area contributed by atoms with E-state index in [0.29, 0.717) is 17.5 Å². The van der Waals surface area contributed by atoms with Gasteiger partial charge in [-0.3, -0.25) is 24.5 Å². The van der Waals surface area contributed by atoms with Crippen LogP contribution in [0.5, 0.6) is 0 Å². The van der Waals surface area contributed by atoms with Crippen LogP contribution in [0.15, 0.2) is 42.5 Å². The summed E-state index contributed by atoms with van der Waals surface area (Å²) >= 11 is 0. The van der Waals surface area contributed by atoms with E-state index in [9.17, 15) is 19.2 Å². The summed E-state index contributed by atoms with van der Waals surface area (Å²) in [5.41, 5.74) is 0.639. The molecule has 0 aromatic heterocycles. The molecule has 1 N–H and O–H groups in total. The molecular weight excluding hydrogens is 330 g/mol. The van der Waals surface area contributed by atoms with Crippen molar-refractivity contribution in [2.24, 2.45) is 5.41 Å². The second-order valence-corrected chi connectivity index (χ2v) is 6.98. The molecule has 0 heterocycles. The van der Waals surface area contributed by atoms with Crippen LogP contribution in [0.3, 0.4) is 0 Å². The van der Waals surface area contributed by atoms with Gasteiger partial charge in [0.05, 0.1) is 0 Å². The zero-order chi connectivity index (χ0) is 19.1. The normalized spacial score (nSPS) is 13.0. The van der Waals surface area contributed by atoms with Gasteiger partial charge in [0.2, 0.25) is 5.91 Å². The molecule has 5 heteroatoms. The fraction of sp³-hybridized carbons (Fsp3) is 0.238. The molecule has 2 aromatic carbocycles. The van der Waals surface area contributed by atoms with Crippen molar-refractivity contribution < 1.29 is 19.2 Å². The van der Waals surface area contributed by atoms with Crippen LogP contribution < -0.4 is 5.32 Å². The minimum Gasteiger partial charge on any atom is -0.292 e. The predicted octanol–water partition coefficient (Wildman–Crippen LogP) is 3.15. The highest BCUT2D eigenvalue weighted by Gasteiger charge is 2.31.